The number of carbonyl (C=O) groups is 2. The lowest BCUT2D eigenvalue weighted by Crippen LogP contribution is -2.53. The van der Waals surface area contributed by atoms with Gasteiger partial charge in [0.05, 0.1) is 12.6 Å². The molecule has 0 aliphatic carbocycles. The van der Waals surface area contributed by atoms with Gasteiger partial charge in [0.25, 0.3) is 0 Å². The molecule has 3 rings (SSSR count). The van der Waals surface area contributed by atoms with Crippen LogP contribution in [0, 0.1) is 0 Å². The van der Waals surface area contributed by atoms with Gasteiger partial charge < -0.3 is 32.8 Å². The Morgan fingerprint density at radius 1 is 0.969 bits per heavy atom. The molecular weight excluding hydrogens is 406 g/mol. The summed E-state index contributed by atoms with van der Waals surface area (Å²) in [5.74, 6) is -0.769. The highest BCUT2D eigenvalue weighted by Crippen LogP contribution is 2.19. The number of hydrogen-bond acceptors (Lipinski definition) is 4. The smallest absolute Gasteiger partial charge is 0.242 e. The molecule has 0 saturated carbocycles. The summed E-state index contributed by atoms with van der Waals surface area (Å²) < 4.78 is 0. The van der Waals surface area contributed by atoms with Gasteiger partial charge in [-0.2, -0.15) is 0 Å². The number of rotatable bonds is 10. The zero-order valence-electron chi connectivity index (χ0n) is 17.8. The van der Waals surface area contributed by atoms with E-state index in [9.17, 15) is 9.59 Å². The Morgan fingerprint density at radius 3 is 2.44 bits per heavy atom. The van der Waals surface area contributed by atoms with E-state index < -0.39 is 18.0 Å². The van der Waals surface area contributed by atoms with Gasteiger partial charge in [-0.15, -0.1) is 0 Å². The third-order valence-corrected chi connectivity index (χ3v) is 5.07. The molecule has 0 bridgehead atoms. The topological polar surface area (TPSA) is 164 Å². The molecule has 0 spiro atoms. The molecule has 1 aromatic heterocycles. The predicted molar refractivity (Wildman–Crippen MR) is 126 cm³/mol. The minimum absolute atomic E-state index is 0.0465. The van der Waals surface area contributed by atoms with Crippen molar-refractivity contribution in [3.05, 3.63) is 71.9 Å². The highest BCUT2D eigenvalue weighted by Gasteiger charge is 2.25. The monoisotopic (exact) mass is 435 g/mol. The van der Waals surface area contributed by atoms with Crippen molar-refractivity contribution in [2.45, 2.75) is 24.9 Å². The van der Waals surface area contributed by atoms with Gasteiger partial charge in [0, 0.05) is 30.1 Å². The second-order valence-corrected chi connectivity index (χ2v) is 7.52. The molecule has 9 N–H and O–H groups in total. The summed E-state index contributed by atoms with van der Waals surface area (Å²) >= 11 is 0. The number of nitrogens with zero attached hydrogens (tertiary/aromatic N) is 1. The summed E-state index contributed by atoms with van der Waals surface area (Å²) in [5.41, 5.74) is 19.6. The normalized spacial score (nSPS) is 12.7. The molecule has 2 amide bonds. The molecule has 0 saturated heterocycles. The second-order valence-electron chi connectivity index (χ2n) is 7.52. The van der Waals surface area contributed by atoms with Crippen molar-refractivity contribution in [1.29, 1.82) is 0 Å². The van der Waals surface area contributed by atoms with Gasteiger partial charge in [-0.05, 0) is 23.6 Å². The van der Waals surface area contributed by atoms with Gasteiger partial charge in [-0.25, -0.2) is 0 Å². The Kier molecular flexibility index (Phi) is 7.82. The largest absolute Gasteiger partial charge is 0.370 e. The van der Waals surface area contributed by atoms with E-state index in [4.69, 9.17) is 17.2 Å². The first-order valence-corrected chi connectivity index (χ1v) is 10.4. The standard InChI is InChI=1S/C23H29N7O2/c24-18(12-15-6-2-1-3-7-15)21(31)30-20(22(32)27-10-11-28-23(25)26)13-16-14-29-19-9-5-4-8-17(16)19/h1-9,14,18,20,29H,10-13,24H2,(H,27,32)(H,30,31)(H4,25,26,28)/t18-,20-/m0/s1. The van der Waals surface area contributed by atoms with Gasteiger partial charge in [-0.1, -0.05) is 48.5 Å². The average Bonchev–Trinajstić information content (AvgIpc) is 3.19. The van der Waals surface area contributed by atoms with E-state index in [1.54, 1.807) is 0 Å². The van der Waals surface area contributed by atoms with Crippen molar-refractivity contribution < 1.29 is 9.59 Å². The lowest BCUT2D eigenvalue weighted by Gasteiger charge is -2.21. The molecule has 168 valence electrons. The molecular formula is C23H29N7O2. The number of para-hydroxylation sites is 1. The van der Waals surface area contributed by atoms with E-state index in [-0.39, 0.29) is 25.0 Å². The highest BCUT2D eigenvalue weighted by atomic mass is 16.2. The number of fused-ring (bicyclic) bond motifs is 1. The first-order valence-electron chi connectivity index (χ1n) is 10.4. The van der Waals surface area contributed by atoms with Gasteiger partial charge in [-0.3, -0.25) is 14.6 Å². The zero-order chi connectivity index (χ0) is 22.9. The van der Waals surface area contributed by atoms with Crippen molar-refractivity contribution in [3.63, 3.8) is 0 Å². The summed E-state index contributed by atoms with van der Waals surface area (Å²) in [7, 11) is 0. The second kappa shape index (κ2) is 11.0. The number of guanidine groups is 1. The molecule has 2 aromatic carbocycles. The molecule has 0 unspecified atom stereocenters. The lowest BCUT2D eigenvalue weighted by molar-refractivity contribution is -0.129. The van der Waals surface area contributed by atoms with Gasteiger partial charge in [0.2, 0.25) is 11.8 Å². The molecule has 1 heterocycles. The number of carbonyl (C=O) groups excluding carboxylic acids is 2. The Hall–Kier alpha value is -3.85. The minimum Gasteiger partial charge on any atom is -0.370 e. The fourth-order valence-electron chi connectivity index (χ4n) is 3.46. The number of H-pyrrole nitrogens is 1. The predicted octanol–water partition coefficient (Wildman–Crippen LogP) is 0.155. The molecule has 0 aliphatic heterocycles. The van der Waals surface area contributed by atoms with Crippen LogP contribution in [0.15, 0.2) is 65.8 Å². The van der Waals surface area contributed by atoms with Crippen LogP contribution < -0.4 is 27.8 Å². The quantitative estimate of drug-likeness (QED) is 0.151. The SMILES string of the molecule is NC(N)=NCCNC(=O)[C@H](Cc1c[nH]c2ccccc12)NC(=O)[C@@H](N)Cc1ccccc1. The van der Waals surface area contributed by atoms with Crippen LogP contribution in [0.25, 0.3) is 10.9 Å². The number of hydrogen-bond donors (Lipinski definition) is 6. The Labute approximate surface area is 186 Å². The van der Waals surface area contributed by atoms with Crippen molar-refractivity contribution >= 4 is 28.7 Å². The summed E-state index contributed by atoms with van der Waals surface area (Å²) in [5, 5.41) is 6.58. The van der Waals surface area contributed by atoms with E-state index in [0.717, 1.165) is 22.0 Å². The van der Waals surface area contributed by atoms with Crippen LogP contribution in [0.1, 0.15) is 11.1 Å². The minimum atomic E-state index is -0.803. The summed E-state index contributed by atoms with van der Waals surface area (Å²) in [6, 6.07) is 15.7. The summed E-state index contributed by atoms with van der Waals surface area (Å²) in [6.07, 6.45) is 2.53. The van der Waals surface area contributed by atoms with Gasteiger partial charge in [0.15, 0.2) is 5.96 Å². The number of benzene rings is 2. The highest BCUT2D eigenvalue weighted by molar-refractivity contribution is 5.91. The van der Waals surface area contributed by atoms with Crippen molar-refractivity contribution in [1.82, 2.24) is 15.6 Å². The van der Waals surface area contributed by atoms with Crippen LogP contribution in [0.5, 0.6) is 0 Å². The Balaban J connectivity index is 1.71. The van der Waals surface area contributed by atoms with E-state index >= 15 is 0 Å². The van der Waals surface area contributed by atoms with Gasteiger partial charge in [0.1, 0.15) is 6.04 Å². The first kappa shape index (κ1) is 22.8. The number of aliphatic imine (C=N–C) groups is 1. The zero-order valence-corrected chi connectivity index (χ0v) is 17.8. The average molecular weight is 436 g/mol. The van der Waals surface area contributed by atoms with Crippen LogP contribution >= 0.6 is 0 Å². The summed E-state index contributed by atoms with van der Waals surface area (Å²) in [6.45, 7) is 0.488. The van der Waals surface area contributed by atoms with Crippen molar-refractivity contribution in [3.8, 4) is 0 Å². The van der Waals surface area contributed by atoms with E-state index in [0.29, 0.717) is 12.8 Å². The first-order chi connectivity index (χ1) is 15.4. The third kappa shape index (κ3) is 6.32. The third-order valence-electron chi connectivity index (χ3n) is 5.07. The molecule has 0 fully saturated rings. The number of aromatic nitrogens is 1. The Bertz CT molecular complexity index is 1070. The Morgan fingerprint density at radius 2 is 1.69 bits per heavy atom. The number of amides is 2. The van der Waals surface area contributed by atoms with E-state index in [2.05, 4.69) is 20.6 Å². The van der Waals surface area contributed by atoms with Crippen molar-refractivity contribution in [2.24, 2.45) is 22.2 Å². The van der Waals surface area contributed by atoms with Crippen LogP contribution in [0.3, 0.4) is 0 Å². The van der Waals surface area contributed by atoms with Crippen LogP contribution in [-0.4, -0.2) is 47.9 Å². The van der Waals surface area contributed by atoms with E-state index in [1.807, 2.05) is 60.8 Å². The maximum atomic E-state index is 12.9. The molecule has 2 atom stereocenters. The van der Waals surface area contributed by atoms with Crippen LogP contribution in [0.4, 0.5) is 0 Å². The lowest BCUT2D eigenvalue weighted by atomic mass is 10.0. The maximum Gasteiger partial charge on any atom is 0.242 e. The molecule has 0 radical (unpaired) electrons. The number of nitrogens with two attached hydrogens (primary N) is 3. The molecule has 32 heavy (non-hydrogen) atoms. The summed E-state index contributed by atoms with van der Waals surface area (Å²) in [4.78, 5) is 32.7. The number of aromatic amines is 1. The molecule has 0 aliphatic rings. The molecule has 3 aromatic rings. The fraction of sp³-hybridized carbons (Fsp3) is 0.261. The van der Waals surface area contributed by atoms with Crippen LogP contribution in [-0.2, 0) is 22.4 Å². The molecule has 9 nitrogen and oxygen atoms in total. The van der Waals surface area contributed by atoms with E-state index in [1.165, 1.54) is 0 Å². The number of nitrogens with one attached hydrogen (secondary N) is 3. The van der Waals surface area contributed by atoms with Crippen LogP contribution in [0.2, 0.25) is 0 Å². The maximum absolute atomic E-state index is 12.9. The fourth-order valence-corrected chi connectivity index (χ4v) is 3.46. The van der Waals surface area contributed by atoms with Crippen molar-refractivity contribution in [2.75, 3.05) is 13.1 Å². The van der Waals surface area contributed by atoms with Gasteiger partial charge >= 0.3 is 0 Å². The molecule has 9 heteroatoms.